The average molecular weight is 280 g/mol. The van der Waals surface area contributed by atoms with E-state index in [2.05, 4.69) is 10.2 Å². The lowest BCUT2D eigenvalue weighted by Gasteiger charge is -2.39. The van der Waals surface area contributed by atoms with Crippen LogP contribution in [-0.4, -0.2) is 50.2 Å². The van der Waals surface area contributed by atoms with Crippen LogP contribution in [0.25, 0.3) is 0 Å². The number of nitrogens with zero attached hydrogens (tertiary/aromatic N) is 1. The quantitative estimate of drug-likeness (QED) is 0.851. The molecule has 4 heteroatoms. The molecule has 0 aromatic heterocycles. The van der Waals surface area contributed by atoms with E-state index in [4.69, 9.17) is 4.74 Å². The summed E-state index contributed by atoms with van der Waals surface area (Å²) in [4.78, 5) is 15.2. The Morgan fingerprint density at radius 3 is 3.15 bits per heavy atom. The van der Waals surface area contributed by atoms with Crippen LogP contribution in [0.4, 0.5) is 0 Å². The van der Waals surface area contributed by atoms with Crippen molar-refractivity contribution < 1.29 is 9.53 Å². The highest BCUT2D eigenvalue weighted by atomic mass is 16.5. The number of hydrogen-bond donors (Lipinski definition) is 1. The molecule has 3 aliphatic rings. The van der Waals surface area contributed by atoms with Gasteiger partial charge < -0.3 is 15.0 Å². The van der Waals surface area contributed by atoms with Gasteiger partial charge in [-0.05, 0) is 38.6 Å². The Kier molecular flexibility index (Phi) is 4.32. The molecule has 3 atom stereocenters. The normalized spacial score (nSPS) is 37.1. The molecule has 2 saturated heterocycles. The minimum absolute atomic E-state index is 0.0707. The predicted octanol–water partition coefficient (Wildman–Crippen LogP) is 1.65. The van der Waals surface area contributed by atoms with Gasteiger partial charge in [0.15, 0.2) is 0 Å². The maximum Gasteiger partial charge on any atom is 0.230 e. The van der Waals surface area contributed by atoms with Crippen LogP contribution in [0.3, 0.4) is 0 Å². The van der Waals surface area contributed by atoms with Gasteiger partial charge in [0.25, 0.3) is 0 Å². The second kappa shape index (κ2) is 6.02. The molecule has 2 heterocycles. The topological polar surface area (TPSA) is 41.6 Å². The third-order valence-electron chi connectivity index (χ3n) is 5.59. The molecule has 1 amide bonds. The Labute approximate surface area is 122 Å². The molecule has 3 fully saturated rings. The first-order valence-electron chi connectivity index (χ1n) is 8.34. The Balaban J connectivity index is 1.64. The number of likely N-dealkylation sites (tertiary alicyclic amines) is 1. The van der Waals surface area contributed by atoms with Gasteiger partial charge in [-0.3, -0.25) is 4.79 Å². The molecule has 114 valence electrons. The molecule has 0 bridgehead atoms. The van der Waals surface area contributed by atoms with Gasteiger partial charge in [0.1, 0.15) is 0 Å². The highest BCUT2D eigenvalue weighted by Gasteiger charge is 2.52. The lowest BCUT2D eigenvalue weighted by molar-refractivity contribution is -0.144. The summed E-state index contributed by atoms with van der Waals surface area (Å²) in [7, 11) is 0. The lowest BCUT2D eigenvalue weighted by atomic mass is 9.67. The van der Waals surface area contributed by atoms with Crippen molar-refractivity contribution in [2.24, 2.45) is 17.3 Å². The molecule has 4 nitrogen and oxygen atoms in total. The number of fused-ring (bicyclic) bond motifs is 1. The van der Waals surface area contributed by atoms with Crippen LogP contribution in [-0.2, 0) is 9.53 Å². The Morgan fingerprint density at radius 2 is 2.30 bits per heavy atom. The van der Waals surface area contributed by atoms with Crippen molar-refractivity contribution in [1.29, 1.82) is 0 Å². The van der Waals surface area contributed by atoms with Gasteiger partial charge >= 0.3 is 0 Å². The first kappa shape index (κ1) is 14.3. The van der Waals surface area contributed by atoms with E-state index in [1.807, 2.05) is 6.92 Å². The number of amides is 1. The van der Waals surface area contributed by atoms with E-state index >= 15 is 0 Å². The largest absolute Gasteiger partial charge is 0.381 e. The summed E-state index contributed by atoms with van der Waals surface area (Å²) >= 11 is 0. The monoisotopic (exact) mass is 280 g/mol. The van der Waals surface area contributed by atoms with Crippen molar-refractivity contribution in [1.82, 2.24) is 10.2 Å². The van der Waals surface area contributed by atoms with Crippen LogP contribution in [0.15, 0.2) is 0 Å². The Morgan fingerprint density at radius 1 is 1.40 bits per heavy atom. The molecule has 0 spiro atoms. The summed E-state index contributed by atoms with van der Waals surface area (Å²) in [6.45, 7) is 7.42. The van der Waals surface area contributed by atoms with Gasteiger partial charge in [0.05, 0.1) is 12.0 Å². The highest BCUT2D eigenvalue weighted by molar-refractivity contribution is 5.84. The zero-order valence-corrected chi connectivity index (χ0v) is 12.7. The zero-order valence-electron chi connectivity index (χ0n) is 12.7. The van der Waals surface area contributed by atoms with E-state index in [1.165, 1.54) is 19.3 Å². The maximum atomic E-state index is 13.1. The summed E-state index contributed by atoms with van der Waals surface area (Å²) in [6.07, 6.45) is 5.96. The van der Waals surface area contributed by atoms with Gasteiger partial charge in [0.2, 0.25) is 5.91 Å². The Hall–Kier alpha value is -0.610. The van der Waals surface area contributed by atoms with Crippen molar-refractivity contribution in [3.8, 4) is 0 Å². The number of rotatable bonds is 4. The molecule has 0 aromatic rings. The van der Waals surface area contributed by atoms with Crippen LogP contribution >= 0.6 is 0 Å². The van der Waals surface area contributed by atoms with Gasteiger partial charge in [-0.25, -0.2) is 0 Å². The molecule has 1 aliphatic carbocycles. The summed E-state index contributed by atoms with van der Waals surface area (Å²) in [5.74, 6) is 1.56. The van der Waals surface area contributed by atoms with Crippen molar-refractivity contribution in [3.63, 3.8) is 0 Å². The summed E-state index contributed by atoms with van der Waals surface area (Å²) in [6, 6.07) is 0. The SMILES string of the molecule is CCOCC1CCN(C(=O)[C@@]23CCCC[C@H]2CNC3)C1. The van der Waals surface area contributed by atoms with Gasteiger partial charge in [-0.2, -0.15) is 0 Å². The zero-order chi connectivity index (χ0) is 14.0. The second-order valence-corrected chi connectivity index (χ2v) is 6.80. The van der Waals surface area contributed by atoms with Gasteiger partial charge in [-0.15, -0.1) is 0 Å². The third kappa shape index (κ3) is 2.48. The van der Waals surface area contributed by atoms with Crippen molar-refractivity contribution in [3.05, 3.63) is 0 Å². The van der Waals surface area contributed by atoms with Crippen LogP contribution in [0.2, 0.25) is 0 Å². The first-order valence-corrected chi connectivity index (χ1v) is 8.34. The molecule has 1 saturated carbocycles. The fraction of sp³-hybridized carbons (Fsp3) is 0.938. The molecule has 1 unspecified atom stereocenters. The van der Waals surface area contributed by atoms with Crippen LogP contribution in [0, 0.1) is 17.3 Å². The lowest BCUT2D eigenvalue weighted by Crippen LogP contribution is -2.49. The van der Waals surface area contributed by atoms with Crippen molar-refractivity contribution in [2.75, 3.05) is 39.4 Å². The van der Waals surface area contributed by atoms with E-state index in [9.17, 15) is 4.79 Å². The summed E-state index contributed by atoms with van der Waals surface area (Å²) in [5.41, 5.74) is -0.0707. The number of carbonyl (C=O) groups is 1. The van der Waals surface area contributed by atoms with E-state index in [-0.39, 0.29) is 5.41 Å². The molecule has 1 N–H and O–H groups in total. The third-order valence-corrected chi connectivity index (χ3v) is 5.59. The number of hydrogen-bond acceptors (Lipinski definition) is 3. The van der Waals surface area contributed by atoms with Crippen LogP contribution < -0.4 is 5.32 Å². The van der Waals surface area contributed by atoms with E-state index in [0.717, 1.165) is 52.2 Å². The Bertz CT molecular complexity index is 360. The standard InChI is InChI=1S/C16H28N2O2/c1-2-20-11-13-6-8-18(10-13)15(19)16-7-4-3-5-14(16)9-17-12-16/h13-14,17H,2-12H2,1H3/t13?,14-,16+/m0/s1. The minimum atomic E-state index is -0.0707. The average Bonchev–Trinajstić information content (AvgIpc) is 3.11. The van der Waals surface area contributed by atoms with E-state index in [0.29, 0.717) is 17.7 Å². The molecular formula is C16H28N2O2. The fourth-order valence-corrected chi connectivity index (χ4v) is 4.42. The first-order chi connectivity index (χ1) is 9.76. The van der Waals surface area contributed by atoms with Crippen molar-refractivity contribution in [2.45, 2.75) is 39.0 Å². The van der Waals surface area contributed by atoms with Gasteiger partial charge in [-0.1, -0.05) is 12.8 Å². The van der Waals surface area contributed by atoms with Crippen LogP contribution in [0.1, 0.15) is 39.0 Å². The molecule has 3 rings (SSSR count). The van der Waals surface area contributed by atoms with Crippen LogP contribution in [0.5, 0.6) is 0 Å². The second-order valence-electron chi connectivity index (χ2n) is 6.80. The molecule has 0 aromatic carbocycles. The van der Waals surface area contributed by atoms with E-state index < -0.39 is 0 Å². The summed E-state index contributed by atoms with van der Waals surface area (Å²) < 4.78 is 5.53. The maximum absolute atomic E-state index is 13.1. The number of carbonyl (C=O) groups excluding carboxylic acids is 1. The van der Waals surface area contributed by atoms with Gasteiger partial charge in [0, 0.05) is 32.2 Å². The molecular weight excluding hydrogens is 252 g/mol. The van der Waals surface area contributed by atoms with E-state index in [1.54, 1.807) is 0 Å². The van der Waals surface area contributed by atoms with Crippen molar-refractivity contribution >= 4 is 5.91 Å². The highest BCUT2D eigenvalue weighted by Crippen LogP contribution is 2.45. The minimum Gasteiger partial charge on any atom is -0.381 e. The molecule has 0 radical (unpaired) electrons. The molecule has 2 aliphatic heterocycles. The molecule has 20 heavy (non-hydrogen) atoms. The fourth-order valence-electron chi connectivity index (χ4n) is 4.42. The summed E-state index contributed by atoms with van der Waals surface area (Å²) in [5, 5.41) is 3.48. The predicted molar refractivity (Wildman–Crippen MR) is 78.4 cm³/mol. The smallest absolute Gasteiger partial charge is 0.230 e. The number of nitrogens with one attached hydrogen (secondary N) is 1. The number of ether oxygens (including phenoxy) is 1.